The summed E-state index contributed by atoms with van der Waals surface area (Å²) in [6, 6.07) is 0. The Balaban J connectivity index is 2.39. The van der Waals surface area contributed by atoms with Crippen LogP contribution in [0.5, 0.6) is 0 Å². The Kier molecular flexibility index (Phi) is 1.78. The summed E-state index contributed by atoms with van der Waals surface area (Å²) in [5.41, 5.74) is 0.863. The van der Waals surface area contributed by atoms with Gasteiger partial charge in [0.2, 0.25) is 0 Å². The molecule has 2 rings (SSSR count). The van der Waals surface area contributed by atoms with E-state index in [0.29, 0.717) is 9.49 Å². The van der Waals surface area contributed by atoms with Crippen molar-refractivity contribution in [3.8, 4) is 0 Å². The van der Waals surface area contributed by atoms with Crippen LogP contribution in [0.4, 0.5) is 5.82 Å². The monoisotopic (exact) mass is 279 g/mol. The fourth-order valence-corrected chi connectivity index (χ4v) is 1.96. The molecule has 0 bridgehead atoms. The van der Waals surface area contributed by atoms with Gasteiger partial charge in [-0.1, -0.05) is 5.10 Å². The topological polar surface area (TPSA) is 71.8 Å². The Morgan fingerprint density at radius 2 is 2.33 bits per heavy atom. The number of aromatic amines is 1. The third-order valence-electron chi connectivity index (χ3n) is 1.86. The lowest BCUT2D eigenvalue weighted by Crippen LogP contribution is -1.90. The number of hydrogen-bond donors (Lipinski definition) is 1. The maximum absolute atomic E-state index is 10.4. The normalized spacial score (nSPS) is 16.4. The third-order valence-corrected chi connectivity index (χ3v) is 2.93. The number of nitrogens with one attached hydrogen (secondary N) is 1. The number of nitro groups is 1. The SMILES string of the molecule is O=[N+]([O-])c1[nH]nc(C2CC2)c1I. The van der Waals surface area contributed by atoms with Crippen molar-refractivity contribution in [3.05, 3.63) is 19.4 Å². The van der Waals surface area contributed by atoms with Crippen LogP contribution < -0.4 is 0 Å². The summed E-state index contributed by atoms with van der Waals surface area (Å²) in [5, 5.41) is 16.8. The lowest BCUT2D eigenvalue weighted by Gasteiger charge is -1.89. The molecular weight excluding hydrogens is 273 g/mol. The quantitative estimate of drug-likeness (QED) is 0.509. The zero-order chi connectivity index (χ0) is 8.72. The molecule has 64 valence electrons. The van der Waals surface area contributed by atoms with E-state index in [1.165, 1.54) is 0 Å². The second-order valence-electron chi connectivity index (χ2n) is 2.80. The summed E-state index contributed by atoms with van der Waals surface area (Å²) < 4.78 is 0.667. The molecule has 1 N–H and O–H groups in total. The predicted molar refractivity (Wildman–Crippen MR) is 49.9 cm³/mol. The molecule has 1 aliphatic carbocycles. The van der Waals surface area contributed by atoms with Crippen LogP contribution in [0.1, 0.15) is 24.5 Å². The molecule has 1 aromatic rings. The average Bonchev–Trinajstić information content (AvgIpc) is 2.75. The van der Waals surface area contributed by atoms with E-state index in [1.54, 1.807) is 0 Å². The van der Waals surface area contributed by atoms with Crippen LogP contribution in [0.25, 0.3) is 0 Å². The van der Waals surface area contributed by atoms with Gasteiger partial charge < -0.3 is 10.1 Å². The second kappa shape index (κ2) is 2.68. The van der Waals surface area contributed by atoms with Crippen molar-refractivity contribution in [2.24, 2.45) is 0 Å². The molecule has 1 aliphatic rings. The molecule has 0 spiro atoms. The van der Waals surface area contributed by atoms with E-state index in [0.717, 1.165) is 18.5 Å². The van der Waals surface area contributed by atoms with E-state index in [4.69, 9.17) is 0 Å². The van der Waals surface area contributed by atoms with Crippen LogP contribution in [0.2, 0.25) is 0 Å². The van der Waals surface area contributed by atoms with Crippen LogP contribution in [-0.2, 0) is 0 Å². The molecule has 6 heteroatoms. The molecule has 0 atom stereocenters. The van der Waals surface area contributed by atoms with Gasteiger partial charge in [0.15, 0.2) is 0 Å². The first-order valence-electron chi connectivity index (χ1n) is 3.58. The zero-order valence-electron chi connectivity index (χ0n) is 6.08. The van der Waals surface area contributed by atoms with E-state index in [9.17, 15) is 10.1 Å². The maximum Gasteiger partial charge on any atom is 0.356 e. The molecule has 5 nitrogen and oxygen atoms in total. The van der Waals surface area contributed by atoms with Crippen LogP contribution in [0, 0.1) is 13.7 Å². The summed E-state index contributed by atoms with van der Waals surface area (Å²) in [6.45, 7) is 0. The summed E-state index contributed by atoms with van der Waals surface area (Å²) in [5.74, 6) is 0.486. The van der Waals surface area contributed by atoms with Crippen molar-refractivity contribution in [2.75, 3.05) is 0 Å². The summed E-state index contributed by atoms with van der Waals surface area (Å²) in [4.78, 5) is 9.98. The van der Waals surface area contributed by atoms with Gasteiger partial charge in [-0.05, 0) is 40.4 Å². The molecule has 0 radical (unpaired) electrons. The Labute approximate surface area is 81.8 Å². The molecule has 0 aliphatic heterocycles. The van der Waals surface area contributed by atoms with Gasteiger partial charge >= 0.3 is 5.82 Å². The molecule has 1 aromatic heterocycles. The minimum absolute atomic E-state index is 0.0255. The molecular formula is C6H6IN3O2. The number of aromatic nitrogens is 2. The lowest BCUT2D eigenvalue weighted by atomic mass is 10.3. The van der Waals surface area contributed by atoms with Gasteiger partial charge in [-0.15, -0.1) is 5.10 Å². The van der Waals surface area contributed by atoms with E-state index in [2.05, 4.69) is 10.2 Å². The van der Waals surface area contributed by atoms with Crippen LogP contribution in [0.3, 0.4) is 0 Å². The lowest BCUT2D eigenvalue weighted by molar-refractivity contribution is -0.390. The molecule has 0 aromatic carbocycles. The fourth-order valence-electron chi connectivity index (χ4n) is 1.08. The Bertz CT molecular complexity index is 332. The molecule has 0 amide bonds. The average molecular weight is 279 g/mol. The highest BCUT2D eigenvalue weighted by Crippen LogP contribution is 2.42. The summed E-state index contributed by atoms with van der Waals surface area (Å²) in [7, 11) is 0. The zero-order valence-corrected chi connectivity index (χ0v) is 8.24. The van der Waals surface area contributed by atoms with Gasteiger partial charge in [0.25, 0.3) is 0 Å². The van der Waals surface area contributed by atoms with Gasteiger partial charge in [0.1, 0.15) is 9.26 Å². The van der Waals surface area contributed by atoms with Gasteiger partial charge in [0.05, 0.1) is 0 Å². The molecule has 1 fully saturated rings. The molecule has 0 saturated heterocycles. The third kappa shape index (κ3) is 1.19. The maximum atomic E-state index is 10.4. The van der Waals surface area contributed by atoms with Crippen molar-refractivity contribution >= 4 is 28.4 Å². The van der Waals surface area contributed by atoms with Crippen molar-refractivity contribution in [3.63, 3.8) is 0 Å². The van der Waals surface area contributed by atoms with Gasteiger partial charge in [0, 0.05) is 5.92 Å². The van der Waals surface area contributed by atoms with Crippen molar-refractivity contribution in [1.29, 1.82) is 0 Å². The fraction of sp³-hybridized carbons (Fsp3) is 0.500. The van der Waals surface area contributed by atoms with Crippen LogP contribution in [0.15, 0.2) is 0 Å². The molecule has 1 heterocycles. The first-order valence-corrected chi connectivity index (χ1v) is 4.66. The number of halogens is 1. The smallest absolute Gasteiger partial charge is 0.356 e. The number of nitrogens with zero attached hydrogens (tertiary/aromatic N) is 2. The molecule has 0 unspecified atom stereocenters. The highest BCUT2D eigenvalue weighted by molar-refractivity contribution is 14.1. The van der Waals surface area contributed by atoms with Crippen LogP contribution in [-0.4, -0.2) is 15.1 Å². The number of rotatable bonds is 2. The van der Waals surface area contributed by atoms with E-state index in [1.807, 2.05) is 22.6 Å². The van der Waals surface area contributed by atoms with Crippen LogP contribution >= 0.6 is 22.6 Å². The second-order valence-corrected chi connectivity index (χ2v) is 3.88. The molecule has 12 heavy (non-hydrogen) atoms. The van der Waals surface area contributed by atoms with E-state index in [-0.39, 0.29) is 5.82 Å². The van der Waals surface area contributed by atoms with E-state index < -0.39 is 4.92 Å². The Hall–Kier alpha value is -0.660. The largest absolute Gasteiger partial charge is 0.358 e. The highest BCUT2D eigenvalue weighted by atomic mass is 127. The summed E-state index contributed by atoms with van der Waals surface area (Å²) >= 11 is 1.97. The van der Waals surface area contributed by atoms with Gasteiger partial charge in [-0.3, -0.25) is 0 Å². The molecule has 1 saturated carbocycles. The minimum atomic E-state index is -0.430. The number of hydrogen-bond acceptors (Lipinski definition) is 3. The van der Waals surface area contributed by atoms with Crippen molar-refractivity contribution in [1.82, 2.24) is 10.2 Å². The van der Waals surface area contributed by atoms with Gasteiger partial charge in [-0.2, -0.15) is 0 Å². The van der Waals surface area contributed by atoms with Gasteiger partial charge in [-0.25, -0.2) is 0 Å². The standard InChI is InChI=1S/C6H6IN3O2/c7-4-5(3-1-2-3)8-9-6(4)10(11)12/h3H,1-2H2,(H,8,9). The summed E-state index contributed by atoms with van der Waals surface area (Å²) in [6.07, 6.45) is 2.22. The Morgan fingerprint density at radius 3 is 2.75 bits per heavy atom. The first kappa shape index (κ1) is 7.96. The van der Waals surface area contributed by atoms with E-state index >= 15 is 0 Å². The minimum Gasteiger partial charge on any atom is -0.358 e. The van der Waals surface area contributed by atoms with Crippen molar-refractivity contribution < 1.29 is 4.92 Å². The number of H-pyrrole nitrogens is 1. The predicted octanol–water partition coefficient (Wildman–Crippen LogP) is 1.80. The Morgan fingerprint density at radius 1 is 1.67 bits per heavy atom. The highest BCUT2D eigenvalue weighted by Gasteiger charge is 2.32. The first-order chi connectivity index (χ1) is 5.70. The van der Waals surface area contributed by atoms with Crippen molar-refractivity contribution in [2.45, 2.75) is 18.8 Å².